The van der Waals surface area contributed by atoms with E-state index in [1.54, 1.807) is 19.1 Å². The molecule has 0 fully saturated rings. The van der Waals surface area contributed by atoms with E-state index in [0.717, 1.165) is 11.6 Å². The van der Waals surface area contributed by atoms with Crippen LogP contribution in [-0.4, -0.2) is 24.3 Å². The van der Waals surface area contributed by atoms with Crippen LogP contribution in [0.15, 0.2) is 30.3 Å². The van der Waals surface area contributed by atoms with Crippen LogP contribution in [0.5, 0.6) is 11.5 Å². The highest BCUT2D eigenvalue weighted by molar-refractivity contribution is 6.30. The Labute approximate surface area is 159 Å². The van der Waals surface area contributed by atoms with Gasteiger partial charge in [-0.15, -0.1) is 0 Å². The lowest BCUT2D eigenvalue weighted by Gasteiger charge is -2.21. The van der Waals surface area contributed by atoms with Crippen LogP contribution in [0.3, 0.4) is 0 Å². The number of carbonyl (C=O) groups is 1. The van der Waals surface area contributed by atoms with Gasteiger partial charge in [-0.05, 0) is 31.2 Å². The van der Waals surface area contributed by atoms with Gasteiger partial charge in [-0.25, -0.2) is 4.79 Å². The molecular weight excluding hydrogens is 378 g/mol. The topological polar surface area (TPSA) is 97.1 Å². The Morgan fingerprint density at radius 1 is 1.33 bits per heavy atom. The molecule has 9 heteroatoms. The average Bonchev–Trinajstić information content (AvgIpc) is 2.66. The summed E-state index contributed by atoms with van der Waals surface area (Å²) in [6.45, 7) is 2.34. The first-order valence-corrected chi connectivity index (χ1v) is 8.47. The number of hydrogen-bond donors (Lipinski definition) is 0. The summed E-state index contributed by atoms with van der Waals surface area (Å²) in [5, 5.41) is 11.6. The van der Waals surface area contributed by atoms with Crippen LogP contribution >= 0.6 is 11.6 Å². The van der Waals surface area contributed by atoms with Crippen LogP contribution in [0.25, 0.3) is 0 Å². The number of nitrogens with zero attached hydrogens (tertiary/aromatic N) is 1. The Morgan fingerprint density at radius 3 is 2.89 bits per heavy atom. The minimum Gasteiger partial charge on any atom is -0.487 e. The molecule has 1 heterocycles. The van der Waals surface area contributed by atoms with Crippen LogP contribution in [0, 0.1) is 10.1 Å². The summed E-state index contributed by atoms with van der Waals surface area (Å²) in [5.74, 6) is -0.0468. The molecule has 0 amide bonds. The van der Waals surface area contributed by atoms with E-state index in [0.29, 0.717) is 22.9 Å². The quantitative estimate of drug-likeness (QED) is 0.417. The van der Waals surface area contributed by atoms with E-state index in [2.05, 4.69) is 0 Å². The maximum atomic E-state index is 12.3. The fourth-order valence-electron chi connectivity index (χ4n) is 2.66. The van der Waals surface area contributed by atoms with Crippen LogP contribution in [0.2, 0.25) is 5.02 Å². The molecule has 0 aliphatic carbocycles. The van der Waals surface area contributed by atoms with Gasteiger partial charge in [0.1, 0.15) is 12.4 Å². The summed E-state index contributed by atoms with van der Waals surface area (Å²) in [4.78, 5) is 22.9. The number of esters is 1. The fourth-order valence-corrected chi connectivity index (χ4v) is 2.92. The molecule has 2 aromatic carbocycles. The molecule has 1 aliphatic rings. The molecule has 0 radical (unpaired) electrons. The molecule has 27 heavy (non-hydrogen) atoms. The number of carbonyl (C=O) groups excluding carboxylic acids is 1. The van der Waals surface area contributed by atoms with Crippen molar-refractivity contribution in [2.24, 2.45) is 0 Å². The van der Waals surface area contributed by atoms with E-state index in [-0.39, 0.29) is 37.0 Å². The zero-order chi connectivity index (χ0) is 19.4. The second-order valence-electron chi connectivity index (χ2n) is 5.61. The highest BCUT2D eigenvalue weighted by Gasteiger charge is 2.21. The zero-order valence-electron chi connectivity index (χ0n) is 14.4. The molecule has 0 bridgehead atoms. The van der Waals surface area contributed by atoms with Crippen LogP contribution in [0.1, 0.15) is 28.4 Å². The molecule has 1 aliphatic heterocycles. The molecule has 3 rings (SSSR count). The van der Waals surface area contributed by atoms with Gasteiger partial charge in [0.05, 0.1) is 23.7 Å². The smallest absolute Gasteiger partial charge is 0.338 e. The zero-order valence-corrected chi connectivity index (χ0v) is 15.2. The van der Waals surface area contributed by atoms with Gasteiger partial charge in [0.15, 0.2) is 12.5 Å². The standard InChI is InChI=1S/C18H16ClNO7/c1-2-25-16-4-3-11(7-15(16)20(22)23)18(21)26-9-13-6-14(19)5-12-8-24-10-27-17(12)13/h3-7H,2,8-10H2,1H3. The molecule has 8 nitrogen and oxygen atoms in total. The van der Waals surface area contributed by atoms with Crippen LogP contribution in [-0.2, 0) is 22.7 Å². The first kappa shape index (κ1) is 18.9. The molecule has 2 aromatic rings. The number of nitro benzene ring substituents is 1. The molecule has 0 unspecified atom stereocenters. The van der Waals surface area contributed by atoms with Crippen LogP contribution < -0.4 is 9.47 Å². The lowest BCUT2D eigenvalue weighted by Crippen LogP contribution is -2.14. The van der Waals surface area contributed by atoms with Crippen molar-refractivity contribution in [1.82, 2.24) is 0 Å². The maximum Gasteiger partial charge on any atom is 0.338 e. The van der Waals surface area contributed by atoms with Gasteiger partial charge in [0.25, 0.3) is 0 Å². The minimum absolute atomic E-state index is 0.0466. The normalized spacial score (nSPS) is 12.7. The van der Waals surface area contributed by atoms with Gasteiger partial charge in [-0.3, -0.25) is 10.1 Å². The van der Waals surface area contributed by atoms with E-state index >= 15 is 0 Å². The Balaban J connectivity index is 1.78. The summed E-state index contributed by atoms with van der Waals surface area (Å²) in [5.41, 5.74) is 1.10. The van der Waals surface area contributed by atoms with Crippen LogP contribution in [0.4, 0.5) is 5.69 Å². The summed E-state index contributed by atoms with van der Waals surface area (Å²) >= 11 is 6.08. The SMILES string of the molecule is CCOc1ccc(C(=O)OCc2cc(Cl)cc3c2OCOC3)cc1[N+](=O)[O-]. The summed E-state index contributed by atoms with van der Waals surface area (Å²) < 4.78 is 21.2. The second-order valence-corrected chi connectivity index (χ2v) is 6.05. The largest absolute Gasteiger partial charge is 0.487 e. The number of nitro groups is 1. The first-order chi connectivity index (χ1) is 13.0. The van der Waals surface area contributed by atoms with E-state index in [4.69, 9.17) is 30.5 Å². The lowest BCUT2D eigenvalue weighted by molar-refractivity contribution is -0.385. The number of benzene rings is 2. The van der Waals surface area contributed by atoms with Crippen molar-refractivity contribution in [2.45, 2.75) is 20.1 Å². The molecular formula is C18H16ClNO7. The minimum atomic E-state index is -0.707. The summed E-state index contributed by atoms with van der Waals surface area (Å²) in [7, 11) is 0. The Morgan fingerprint density at radius 2 is 2.15 bits per heavy atom. The predicted octanol–water partition coefficient (Wildman–Crippen LogP) is 3.87. The molecule has 0 saturated carbocycles. The summed E-state index contributed by atoms with van der Waals surface area (Å²) in [6, 6.07) is 7.28. The monoisotopic (exact) mass is 393 g/mol. The third kappa shape index (κ3) is 4.29. The number of hydrogen-bond acceptors (Lipinski definition) is 7. The molecule has 0 spiro atoms. The Bertz CT molecular complexity index is 884. The van der Waals surface area contributed by atoms with E-state index in [1.165, 1.54) is 12.1 Å². The van der Waals surface area contributed by atoms with Gasteiger partial charge in [-0.2, -0.15) is 0 Å². The lowest BCUT2D eigenvalue weighted by atomic mass is 10.1. The van der Waals surface area contributed by atoms with Crippen molar-refractivity contribution < 1.29 is 28.7 Å². The van der Waals surface area contributed by atoms with E-state index in [9.17, 15) is 14.9 Å². The first-order valence-electron chi connectivity index (χ1n) is 8.09. The van der Waals surface area contributed by atoms with Gasteiger partial charge >= 0.3 is 11.7 Å². The Hall–Kier alpha value is -2.84. The van der Waals surface area contributed by atoms with Crippen molar-refractivity contribution in [3.05, 3.63) is 62.2 Å². The van der Waals surface area contributed by atoms with E-state index in [1.807, 2.05) is 0 Å². The predicted molar refractivity (Wildman–Crippen MR) is 95.1 cm³/mol. The highest BCUT2D eigenvalue weighted by Crippen LogP contribution is 2.33. The maximum absolute atomic E-state index is 12.3. The molecule has 0 aromatic heterocycles. The highest BCUT2D eigenvalue weighted by atomic mass is 35.5. The third-order valence-corrected chi connectivity index (χ3v) is 4.02. The molecule has 0 saturated heterocycles. The summed E-state index contributed by atoms with van der Waals surface area (Å²) in [6.07, 6.45) is 0. The van der Waals surface area contributed by atoms with Gasteiger partial charge < -0.3 is 18.9 Å². The number of halogens is 1. The number of ether oxygens (including phenoxy) is 4. The fraction of sp³-hybridized carbons (Fsp3) is 0.278. The van der Waals surface area contributed by atoms with Crippen molar-refractivity contribution in [3.63, 3.8) is 0 Å². The van der Waals surface area contributed by atoms with Gasteiger partial charge in [0.2, 0.25) is 0 Å². The molecule has 0 N–H and O–H groups in total. The van der Waals surface area contributed by atoms with Crippen molar-refractivity contribution in [3.8, 4) is 11.5 Å². The molecule has 142 valence electrons. The van der Waals surface area contributed by atoms with Crippen molar-refractivity contribution in [2.75, 3.05) is 13.4 Å². The number of rotatable bonds is 6. The number of fused-ring (bicyclic) bond motifs is 1. The third-order valence-electron chi connectivity index (χ3n) is 3.80. The van der Waals surface area contributed by atoms with Crippen molar-refractivity contribution in [1.29, 1.82) is 0 Å². The average molecular weight is 394 g/mol. The molecule has 0 atom stereocenters. The Kier molecular flexibility index (Phi) is 5.78. The van der Waals surface area contributed by atoms with Gasteiger partial charge in [-0.1, -0.05) is 11.6 Å². The van der Waals surface area contributed by atoms with Gasteiger partial charge in [0, 0.05) is 22.2 Å². The van der Waals surface area contributed by atoms with E-state index < -0.39 is 10.9 Å². The second kappa shape index (κ2) is 8.24. The van der Waals surface area contributed by atoms with Crippen molar-refractivity contribution >= 4 is 23.3 Å².